The summed E-state index contributed by atoms with van der Waals surface area (Å²) >= 11 is 0. The quantitative estimate of drug-likeness (QED) is 0.820. The molecule has 0 N–H and O–H groups in total. The molecule has 2 aliphatic rings. The zero-order valence-electron chi connectivity index (χ0n) is 13.4. The van der Waals surface area contributed by atoms with Crippen LogP contribution in [0.2, 0.25) is 0 Å². The van der Waals surface area contributed by atoms with E-state index in [9.17, 15) is 18.0 Å². The molecular formula is C17H22ClF3N2O. The summed E-state index contributed by atoms with van der Waals surface area (Å²) in [6.07, 6.45) is -2.97. The Balaban J connectivity index is 0.00000208. The van der Waals surface area contributed by atoms with Gasteiger partial charge in [-0.3, -0.25) is 4.79 Å². The summed E-state index contributed by atoms with van der Waals surface area (Å²) in [6, 6.07) is 7.53. The van der Waals surface area contributed by atoms with Gasteiger partial charge in [-0.15, -0.1) is 12.4 Å². The summed E-state index contributed by atoms with van der Waals surface area (Å²) in [7, 11) is 0. The predicted octanol–water partition coefficient (Wildman–Crippen LogP) is 3.58. The molecule has 134 valence electrons. The molecule has 1 atom stereocenters. The van der Waals surface area contributed by atoms with Crippen LogP contribution in [-0.2, 0) is 11.2 Å². The number of halogens is 4. The monoisotopic (exact) mass is 362 g/mol. The molecule has 0 aliphatic carbocycles. The molecule has 0 radical (unpaired) electrons. The zero-order valence-corrected chi connectivity index (χ0v) is 14.2. The van der Waals surface area contributed by atoms with Crippen molar-refractivity contribution in [2.75, 3.05) is 26.2 Å². The van der Waals surface area contributed by atoms with Gasteiger partial charge in [0, 0.05) is 13.1 Å². The SMILES string of the molecule is Cl.O=C(CC(F)(F)F)N1CCc2ccccc2C1CN1CCCC1. The number of benzene rings is 1. The van der Waals surface area contributed by atoms with Crippen molar-refractivity contribution in [3.05, 3.63) is 35.4 Å². The van der Waals surface area contributed by atoms with Gasteiger partial charge in [-0.1, -0.05) is 24.3 Å². The highest BCUT2D eigenvalue weighted by Gasteiger charge is 2.38. The topological polar surface area (TPSA) is 23.6 Å². The lowest BCUT2D eigenvalue weighted by molar-refractivity contribution is -0.163. The van der Waals surface area contributed by atoms with Crippen LogP contribution in [0.25, 0.3) is 0 Å². The summed E-state index contributed by atoms with van der Waals surface area (Å²) in [4.78, 5) is 15.9. The van der Waals surface area contributed by atoms with Gasteiger partial charge in [0.05, 0.1) is 6.04 Å². The number of fused-ring (bicyclic) bond motifs is 1. The Morgan fingerprint density at radius 3 is 2.46 bits per heavy atom. The normalized spacial score (nSPS) is 21.3. The highest BCUT2D eigenvalue weighted by Crippen LogP contribution is 2.33. The van der Waals surface area contributed by atoms with Crippen LogP contribution < -0.4 is 0 Å². The van der Waals surface area contributed by atoms with E-state index in [1.807, 2.05) is 24.3 Å². The predicted molar refractivity (Wildman–Crippen MR) is 88.2 cm³/mol. The van der Waals surface area contributed by atoms with Crippen molar-refractivity contribution >= 4 is 18.3 Å². The molecule has 1 aromatic rings. The third-order valence-electron chi connectivity index (χ3n) is 4.71. The van der Waals surface area contributed by atoms with Crippen molar-refractivity contribution in [3.8, 4) is 0 Å². The Labute approximate surface area is 146 Å². The van der Waals surface area contributed by atoms with E-state index in [4.69, 9.17) is 0 Å². The maximum atomic E-state index is 12.6. The van der Waals surface area contributed by atoms with Gasteiger partial charge in [0.15, 0.2) is 0 Å². The van der Waals surface area contributed by atoms with Gasteiger partial charge in [-0.05, 0) is 43.5 Å². The molecule has 1 amide bonds. The maximum Gasteiger partial charge on any atom is 0.397 e. The van der Waals surface area contributed by atoms with Crippen molar-refractivity contribution in [2.24, 2.45) is 0 Å². The summed E-state index contributed by atoms with van der Waals surface area (Å²) in [5, 5.41) is 0. The summed E-state index contributed by atoms with van der Waals surface area (Å²) in [6.45, 7) is 2.91. The van der Waals surface area contributed by atoms with Gasteiger partial charge < -0.3 is 9.80 Å². The van der Waals surface area contributed by atoms with Crippen LogP contribution in [0.5, 0.6) is 0 Å². The van der Waals surface area contributed by atoms with Crippen LogP contribution in [0.4, 0.5) is 13.2 Å². The minimum atomic E-state index is -4.45. The maximum absolute atomic E-state index is 12.6. The summed E-state index contributed by atoms with van der Waals surface area (Å²) < 4.78 is 37.9. The largest absolute Gasteiger partial charge is 0.397 e. The van der Waals surface area contributed by atoms with Gasteiger partial charge in [0.25, 0.3) is 0 Å². The Hall–Kier alpha value is -1.27. The number of alkyl halides is 3. The van der Waals surface area contributed by atoms with Crippen molar-refractivity contribution in [1.29, 1.82) is 0 Å². The van der Waals surface area contributed by atoms with Crippen LogP contribution in [0.1, 0.15) is 36.4 Å². The molecule has 1 unspecified atom stereocenters. The zero-order chi connectivity index (χ0) is 16.4. The second kappa shape index (κ2) is 7.74. The van der Waals surface area contributed by atoms with Crippen molar-refractivity contribution in [1.82, 2.24) is 9.80 Å². The van der Waals surface area contributed by atoms with Gasteiger partial charge in [-0.25, -0.2) is 0 Å². The molecule has 2 aliphatic heterocycles. The van der Waals surface area contributed by atoms with E-state index < -0.39 is 18.5 Å². The minimum absolute atomic E-state index is 0. The molecule has 0 saturated carbocycles. The van der Waals surface area contributed by atoms with Gasteiger partial charge in [0.1, 0.15) is 6.42 Å². The summed E-state index contributed by atoms with van der Waals surface area (Å²) in [5.74, 6) is -0.809. The lowest BCUT2D eigenvalue weighted by Gasteiger charge is -2.39. The van der Waals surface area contributed by atoms with E-state index in [2.05, 4.69) is 4.90 Å². The average molecular weight is 363 g/mol. The molecule has 24 heavy (non-hydrogen) atoms. The third-order valence-corrected chi connectivity index (χ3v) is 4.71. The first-order valence-corrected chi connectivity index (χ1v) is 8.10. The molecule has 1 saturated heterocycles. The fraction of sp³-hybridized carbons (Fsp3) is 0.588. The highest BCUT2D eigenvalue weighted by molar-refractivity contribution is 5.85. The van der Waals surface area contributed by atoms with Crippen LogP contribution in [0.15, 0.2) is 24.3 Å². The van der Waals surface area contributed by atoms with Crippen LogP contribution in [0.3, 0.4) is 0 Å². The van der Waals surface area contributed by atoms with Crippen molar-refractivity contribution < 1.29 is 18.0 Å². The van der Waals surface area contributed by atoms with E-state index in [0.29, 0.717) is 19.5 Å². The van der Waals surface area contributed by atoms with Gasteiger partial charge in [0.2, 0.25) is 5.91 Å². The molecular weight excluding hydrogens is 341 g/mol. The third kappa shape index (κ3) is 4.42. The molecule has 2 heterocycles. The van der Waals surface area contributed by atoms with E-state index in [1.54, 1.807) is 0 Å². The first-order chi connectivity index (χ1) is 10.9. The van der Waals surface area contributed by atoms with Gasteiger partial charge in [-0.2, -0.15) is 13.2 Å². The fourth-order valence-corrected chi connectivity index (χ4v) is 3.63. The molecule has 0 bridgehead atoms. The highest BCUT2D eigenvalue weighted by atomic mass is 35.5. The number of nitrogens with zero attached hydrogens (tertiary/aromatic N) is 2. The number of hydrogen-bond donors (Lipinski definition) is 0. The van der Waals surface area contributed by atoms with Crippen LogP contribution in [-0.4, -0.2) is 48.1 Å². The molecule has 1 fully saturated rings. The molecule has 3 nitrogen and oxygen atoms in total. The smallest absolute Gasteiger partial charge is 0.334 e. The van der Waals surface area contributed by atoms with Crippen LogP contribution >= 0.6 is 12.4 Å². The van der Waals surface area contributed by atoms with Crippen molar-refractivity contribution in [3.63, 3.8) is 0 Å². The van der Waals surface area contributed by atoms with Gasteiger partial charge >= 0.3 is 6.18 Å². The minimum Gasteiger partial charge on any atom is -0.334 e. The Morgan fingerprint density at radius 2 is 1.79 bits per heavy atom. The Morgan fingerprint density at radius 1 is 1.12 bits per heavy atom. The molecule has 3 rings (SSSR count). The number of amides is 1. The number of hydrogen-bond acceptors (Lipinski definition) is 2. The average Bonchev–Trinajstić information content (AvgIpc) is 2.98. The standard InChI is InChI=1S/C17H21F3N2O.ClH/c18-17(19,20)11-16(23)22-10-7-13-5-1-2-6-14(13)15(22)12-21-8-3-4-9-21;/h1-2,5-6,15H,3-4,7-12H2;1H. The lowest BCUT2D eigenvalue weighted by atomic mass is 9.92. The first kappa shape index (κ1) is 19.1. The molecule has 1 aromatic carbocycles. The molecule has 7 heteroatoms. The Kier molecular flexibility index (Phi) is 6.15. The lowest BCUT2D eigenvalue weighted by Crippen LogP contribution is -2.45. The van der Waals surface area contributed by atoms with Crippen LogP contribution in [0, 0.1) is 0 Å². The second-order valence-electron chi connectivity index (χ2n) is 6.35. The molecule has 0 aromatic heterocycles. The van der Waals surface area contributed by atoms with E-state index in [-0.39, 0.29) is 18.4 Å². The Bertz CT molecular complexity index is 573. The first-order valence-electron chi connectivity index (χ1n) is 8.10. The van der Waals surface area contributed by atoms with E-state index >= 15 is 0 Å². The number of carbonyl (C=O) groups excluding carboxylic acids is 1. The van der Waals surface area contributed by atoms with Crippen molar-refractivity contribution in [2.45, 2.75) is 37.9 Å². The summed E-state index contributed by atoms with van der Waals surface area (Å²) in [5.41, 5.74) is 2.15. The molecule has 0 spiro atoms. The number of likely N-dealkylation sites (tertiary alicyclic amines) is 1. The van der Waals surface area contributed by atoms with E-state index in [0.717, 1.165) is 37.1 Å². The van der Waals surface area contributed by atoms with E-state index in [1.165, 1.54) is 4.90 Å². The fourth-order valence-electron chi connectivity index (χ4n) is 3.63. The number of rotatable bonds is 3. The number of carbonyl (C=O) groups is 1. The second-order valence-corrected chi connectivity index (χ2v) is 6.35.